The lowest BCUT2D eigenvalue weighted by Crippen LogP contribution is -1.97. The van der Waals surface area contributed by atoms with Crippen LogP contribution in [0.15, 0.2) is 22.8 Å². The van der Waals surface area contributed by atoms with Gasteiger partial charge in [-0.2, -0.15) is 0 Å². The molecular formula is C10H7BrFN3O. The van der Waals surface area contributed by atoms with Gasteiger partial charge >= 0.3 is 0 Å². The van der Waals surface area contributed by atoms with Gasteiger partial charge in [-0.05, 0) is 34.1 Å². The average molecular weight is 284 g/mol. The first-order valence-corrected chi connectivity index (χ1v) is 5.23. The van der Waals surface area contributed by atoms with Crippen LogP contribution in [0.5, 0.6) is 0 Å². The maximum Gasteiger partial charge on any atom is 0.156 e. The Bertz CT molecular complexity index is 533. The molecule has 0 bridgehead atoms. The van der Waals surface area contributed by atoms with Gasteiger partial charge in [0.15, 0.2) is 10.9 Å². The second-order valence-corrected chi connectivity index (χ2v) is 3.95. The van der Waals surface area contributed by atoms with Gasteiger partial charge in [0, 0.05) is 18.2 Å². The van der Waals surface area contributed by atoms with E-state index in [2.05, 4.69) is 26.2 Å². The molecule has 0 aliphatic rings. The van der Waals surface area contributed by atoms with Gasteiger partial charge in [0.25, 0.3) is 0 Å². The van der Waals surface area contributed by atoms with Gasteiger partial charge in [-0.1, -0.05) is 5.21 Å². The van der Waals surface area contributed by atoms with Crippen LogP contribution in [0.3, 0.4) is 0 Å². The van der Waals surface area contributed by atoms with E-state index in [1.165, 1.54) is 22.9 Å². The number of hydrogen-bond donors (Lipinski definition) is 0. The molecule has 0 spiro atoms. The van der Waals surface area contributed by atoms with Crippen molar-refractivity contribution in [1.29, 1.82) is 0 Å². The Morgan fingerprint density at radius 3 is 2.81 bits per heavy atom. The second-order valence-electron chi connectivity index (χ2n) is 3.20. The number of aryl methyl sites for hydroxylation is 1. The van der Waals surface area contributed by atoms with E-state index < -0.39 is 5.82 Å². The summed E-state index contributed by atoms with van der Waals surface area (Å²) in [5.41, 5.74) is 1.43. The summed E-state index contributed by atoms with van der Waals surface area (Å²) in [5.74, 6) is -0.409. The zero-order valence-electron chi connectivity index (χ0n) is 8.32. The zero-order valence-corrected chi connectivity index (χ0v) is 9.90. The third-order valence-electron chi connectivity index (χ3n) is 2.18. The maximum atomic E-state index is 13.2. The largest absolute Gasteiger partial charge is 0.298 e. The van der Waals surface area contributed by atoms with Crippen LogP contribution in [0.1, 0.15) is 10.4 Å². The molecule has 6 heteroatoms. The van der Waals surface area contributed by atoms with E-state index in [4.69, 9.17) is 0 Å². The summed E-state index contributed by atoms with van der Waals surface area (Å²) in [6.45, 7) is 0. The van der Waals surface area contributed by atoms with Gasteiger partial charge in [0.1, 0.15) is 11.5 Å². The van der Waals surface area contributed by atoms with Gasteiger partial charge in [0.2, 0.25) is 0 Å². The summed E-state index contributed by atoms with van der Waals surface area (Å²) < 4.78 is 15.1. The van der Waals surface area contributed by atoms with Crippen molar-refractivity contribution in [1.82, 2.24) is 15.0 Å². The van der Waals surface area contributed by atoms with E-state index >= 15 is 0 Å². The number of halogens is 2. The average Bonchev–Trinajstić information content (AvgIpc) is 2.58. The Labute approximate surface area is 99.2 Å². The minimum Gasteiger partial charge on any atom is -0.298 e. The van der Waals surface area contributed by atoms with Crippen molar-refractivity contribution < 1.29 is 9.18 Å². The lowest BCUT2D eigenvalue weighted by atomic mass is 10.1. The molecular weight excluding hydrogens is 277 g/mol. The SMILES string of the molecule is Cn1nnc(Br)c1-c1cc(F)ccc1C=O. The summed E-state index contributed by atoms with van der Waals surface area (Å²) in [5, 5.41) is 7.57. The first-order chi connectivity index (χ1) is 7.63. The van der Waals surface area contributed by atoms with Gasteiger partial charge in [-0.25, -0.2) is 9.07 Å². The van der Waals surface area contributed by atoms with Gasteiger partial charge in [-0.15, -0.1) is 5.10 Å². The molecule has 0 saturated heterocycles. The molecule has 2 aromatic rings. The van der Waals surface area contributed by atoms with Crippen LogP contribution in [-0.2, 0) is 7.05 Å². The van der Waals surface area contributed by atoms with Crippen LogP contribution in [-0.4, -0.2) is 21.3 Å². The standard InChI is InChI=1S/C10H7BrFN3O/c1-15-9(10(11)13-14-15)8-4-7(12)3-2-6(8)5-16/h2-5H,1H3. The number of benzene rings is 1. The zero-order chi connectivity index (χ0) is 11.7. The highest BCUT2D eigenvalue weighted by Crippen LogP contribution is 2.28. The number of carbonyl (C=O) groups excluding carboxylic acids is 1. The number of nitrogens with zero attached hydrogens (tertiary/aromatic N) is 3. The van der Waals surface area contributed by atoms with Crippen molar-refractivity contribution in [3.05, 3.63) is 34.2 Å². The van der Waals surface area contributed by atoms with Gasteiger partial charge < -0.3 is 0 Å². The lowest BCUT2D eigenvalue weighted by Gasteiger charge is -2.05. The van der Waals surface area contributed by atoms with Gasteiger partial charge in [0.05, 0.1) is 0 Å². The summed E-state index contributed by atoms with van der Waals surface area (Å²) in [4.78, 5) is 10.9. The first-order valence-electron chi connectivity index (χ1n) is 4.43. The minimum absolute atomic E-state index is 0.396. The highest BCUT2D eigenvalue weighted by molar-refractivity contribution is 9.10. The number of rotatable bonds is 2. The van der Waals surface area contributed by atoms with Crippen LogP contribution >= 0.6 is 15.9 Å². The number of hydrogen-bond acceptors (Lipinski definition) is 3. The van der Waals surface area contributed by atoms with Crippen LogP contribution in [0.4, 0.5) is 4.39 Å². The molecule has 4 nitrogen and oxygen atoms in total. The third-order valence-corrected chi connectivity index (χ3v) is 2.72. The van der Waals surface area contributed by atoms with Gasteiger partial charge in [-0.3, -0.25) is 4.79 Å². The molecule has 0 aliphatic heterocycles. The molecule has 0 saturated carbocycles. The third kappa shape index (κ3) is 1.76. The van der Waals surface area contributed by atoms with E-state index in [0.29, 0.717) is 27.7 Å². The quantitative estimate of drug-likeness (QED) is 0.794. The molecule has 0 fully saturated rings. The normalized spacial score (nSPS) is 10.4. The summed E-state index contributed by atoms with van der Waals surface area (Å²) in [6, 6.07) is 3.95. The predicted molar refractivity (Wildman–Crippen MR) is 59.5 cm³/mol. The van der Waals surface area contributed by atoms with Crippen LogP contribution in [0.2, 0.25) is 0 Å². The topological polar surface area (TPSA) is 47.8 Å². The molecule has 2 rings (SSSR count). The van der Waals surface area contributed by atoms with Crippen molar-refractivity contribution >= 4 is 22.2 Å². The molecule has 1 aromatic carbocycles. The summed E-state index contributed by atoms with van der Waals surface area (Å²) in [7, 11) is 1.67. The molecule has 0 atom stereocenters. The van der Waals surface area contributed by atoms with Crippen molar-refractivity contribution in [2.24, 2.45) is 7.05 Å². The second kappa shape index (κ2) is 4.13. The van der Waals surface area contributed by atoms with Crippen molar-refractivity contribution in [2.45, 2.75) is 0 Å². The maximum absolute atomic E-state index is 13.2. The summed E-state index contributed by atoms with van der Waals surface area (Å²) in [6.07, 6.45) is 0.675. The fraction of sp³-hybridized carbons (Fsp3) is 0.100. The van der Waals surface area contributed by atoms with Crippen LogP contribution in [0.25, 0.3) is 11.3 Å². The highest BCUT2D eigenvalue weighted by atomic mass is 79.9. The molecule has 0 amide bonds. The van der Waals surface area contributed by atoms with Crippen molar-refractivity contribution in [3.63, 3.8) is 0 Å². The van der Waals surface area contributed by atoms with E-state index in [-0.39, 0.29) is 0 Å². The van der Waals surface area contributed by atoms with Crippen molar-refractivity contribution in [2.75, 3.05) is 0 Å². The van der Waals surface area contributed by atoms with Crippen LogP contribution < -0.4 is 0 Å². The van der Waals surface area contributed by atoms with Crippen molar-refractivity contribution in [3.8, 4) is 11.3 Å². The van der Waals surface area contributed by atoms with E-state index in [0.717, 1.165) is 0 Å². The molecule has 1 aromatic heterocycles. The Morgan fingerprint density at radius 1 is 1.50 bits per heavy atom. The molecule has 0 N–H and O–H groups in total. The van der Waals surface area contributed by atoms with Crippen LogP contribution in [0, 0.1) is 5.82 Å². The minimum atomic E-state index is -0.409. The first kappa shape index (κ1) is 10.9. The molecule has 0 unspecified atom stereocenters. The molecule has 0 aliphatic carbocycles. The monoisotopic (exact) mass is 283 g/mol. The fourth-order valence-electron chi connectivity index (χ4n) is 1.45. The number of aldehydes is 1. The van der Waals surface area contributed by atoms with E-state index in [1.807, 2.05) is 0 Å². The lowest BCUT2D eigenvalue weighted by molar-refractivity contribution is 0.112. The fourth-order valence-corrected chi connectivity index (χ4v) is 1.99. The molecule has 1 heterocycles. The molecule has 16 heavy (non-hydrogen) atoms. The molecule has 82 valence electrons. The summed E-state index contributed by atoms with van der Waals surface area (Å²) >= 11 is 3.21. The predicted octanol–water partition coefficient (Wildman–Crippen LogP) is 2.20. The highest BCUT2D eigenvalue weighted by Gasteiger charge is 2.14. The smallest absolute Gasteiger partial charge is 0.156 e. The Balaban J connectivity index is 2.72. The molecule has 0 radical (unpaired) electrons. The van der Waals surface area contributed by atoms with E-state index in [9.17, 15) is 9.18 Å². The Hall–Kier alpha value is -1.56. The van der Waals surface area contributed by atoms with E-state index in [1.54, 1.807) is 7.05 Å². The Kier molecular flexibility index (Phi) is 2.82. The Morgan fingerprint density at radius 2 is 2.25 bits per heavy atom. The number of aromatic nitrogens is 3. The number of carbonyl (C=O) groups is 1.